The Hall–Kier alpha value is 0.109. The molecule has 1 unspecified atom stereocenters. The molecule has 2 aliphatic rings. The number of carbonyl (C=O) groups excluding carboxylic acids is 1. The Morgan fingerprint density at radius 2 is 1.48 bits per heavy atom. The molecule has 0 aliphatic heterocycles. The van der Waals surface area contributed by atoms with Crippen molar-refractivity contribution in [2.45, 2.75) is 102 Å². The first-order valence-electron chi connectivity index (χ1n) is 8.78. The molecule has 2 N–H and O–H groups in total. The summed E-state index contributed by atoms with van der Waals surface area (Å²) < 4.78 is -0.258. The maximum atomic E-state index is 10.2. The molecule has 0 spiro atoms. The van der Waals surface area contributed by atoms with Gasteiger partial charge in [0.25, 0.3) is 0 Å². The molecule has 0 aromatic carbocycles. The zero-order valence-corrected chi connectivity index (χ0v) is 15.2. The Balaban J connectivity index is 0.000000240. The Morgan fingerprint density at radius 1 is 1.05 bits per heavy atom. The van der Waals surface area contributed by atoms with Crippen molar-refractivity contribution in [3.05, 3.63) is 0 Å². The van der Waals surface area contributed by atoms with Crippen LogP contribution in [0.4, 0.5) is 0 Å². The first kappa shape index (κ1) is 19.2. The van der Waals surface area contributed by atoms with Crippen molar-refractivity contribution in [3.63, 3.8) is 0 Å². The van der Waals surface area contributed by atoms with Gasteiger partial charge in [-0.05, 0) is 25.7 Å². The Kier molecular flexibility index (Phi) is 10.6. The van der Waals surface area contributed by atoms with Crippen molar-refractivity contribution in [1.29, 1.82) is 0 Å². The molecular formula is C17H32NO2Se. The zero-order valence-electron chi connectivity index (χ0n) is 13.5. The van der Waals surface area contributed by atoms with Gasteiger partial charge in [0.05, 0.1) is 0 Å². The van der Waals surface area contributed by atoms with E-state index in [1.54, 1.807) is 0 Å². The van der Waals surface area contributed by atoms with E-state index in [0.717, 1.165) is 18.5 Å². The summed E-state index contributed by atoms with van der Waals surface area (Å²) in [4.78, 5) is 10.2. The maximum absolute atomic E-state index is 10.2. The van der Waals surface area contributed by atoms with Gasteiger partial charge in [-0.1, -0.05) is 38.5 Å². The summed E-state index contributed by atoms with van der Waals surface area (Å²) in [7, 11) is 0. The summed E-state index contributed by atoms with van der Waals surface area (Å²) >= 11 is 2.24. The zero-order chi connectivity index (χ0) is 15.5. The summed E-state index contributed by atoms with van der Waals surface area (Å²) in [5.74, 6) is 0. The molecule has 0 aromatic rings. The number of aliphatic hydroxyl groups excluding tert-OH is 1. The predicted molar refractivity (Wildman–Crippen MR) is 88.6 cm³/mol. The third kappa shape index (κ3) is 8.97. The van der Waals surface area contributed by atoms with Crippen molar-refractivity contribution < 1.29 is 9.90 Å². The molecule has 2 saturated carbocycles. The predicted octanol–water partition coefficient (Wildman–Crippen LogP) is 3.08. The van der Waals surface area contributed by atoms with Gasteiger partial charge in [-0.2, -0.15) is 0 Å². The van der Waals surface area contributed by atoms with E-state index in [2.05, 4.69) is 21.3 Å². The second kappa shape index (κ2) is 11.6. The molecule has 0 aromatic heterocycles. The van der Waals surface area contributed by atoms with Gasteiger partial charge in [0.15, 0.2) is 0 Å². The summed E-state index contributed by atoms with van der Waals surface area (Å²) in [6.07, 6.45) is 15.2. The van der Waals surface area contributed by atoms with E-state index in [1.165, 1.54) is 64.2 Å². The molecule has 2 fully saturated rings. The van der Waals surface area contributed by atoms with Crippen molar-refractivity contribution >= 4 is 20.7 Å². The molecule has 3 nitrogen and oxygen atoms in total. The van der Waals surface area contributed by atoms with Crippen molar-refractivity contribution in [2.75, 3.05) is 0 Å². The van der Waals surface area contributed by atoms with Gasteiger partial charge in [-0.25, -0.2) is 0 Å². The van der Waals surface area contributed by atoms with Crippen LogP contribution < -0.4 is 5.32 Å². The molecule has 0 amide bonds. The molecule has 21 heavy (non-hydrogen) atoms. The van der Waals surface area contributed by atoms with Gasteiger partial charge in [0.1, 0.15) is 0 Å². The fraction of sp³-hybridized carbons (Fsp3) is 0.941. The van der Waals surface area contributed by atoms with Crippen molar-refractivity contribution in [2.24, 2.45) is 0 Å². The second-order valence-electron chi connectivity index (χ2n) is 6.46. The SMILES string of the molecule is C1CCC(NC2CCCCC2)CC1.CCCC(O)C(=O)[Se]. The van der Waals surface area contributed by atoms with Gasteiger partial charge in [0.2, 0.25) is 0 Å². The van der Waals surface area contributed by atoms with E-state index in [1.807, 2.05) is 6.92 Å². The molecule has 1 atom stereocenters. The van der Waals surface area contributed by atoms with E-state index in [4.69, 9.17) is 5.11 Å². The molecule has 0 heterocycles. The van der Waals surface area contributed by atoms with Gasteiger partial charge in [0, 0.05) is 12.1 Å². The third-order valence-corrected chi connectivity index (χ3v) is 5.09. The molecule has 0 saturated heterocycles. The van der Waals surface area contributed by atoms with Crippen LogP contribution in [-0.2, 0) is 4.79 Å². The van der Waals surface area contributed by atoms with Crippen molar-refractivity contribution in [3.8, 4) is 0 Å². The van der Waals surface area contributed by atoms with Crippen LogP contribution in [0.1, 0.15) is 84.0 Å². The molecule has 1 radical (unpaired) electrons. The monoisotopic (exact) mass is 362 g/mol. The van der Waals surface area contributed by atoms with E-state index in [9.17, 15) is 4.79 Å². The average molecular weight is 361 g/mol. The van der Waals surface area contributed by atoms with Crippen LogP contribution in [0.25, 0.3) is 0 Å². The molecule has 4 heteroatoms. The summed E-state index contributed by atoms with van der Waals surface area (Å²) in [6, 6.07) is 1.74. The van der Waals surface area contributed by atoms with Crippen LogP contribution in [0, 0.1) is 0 Å². The van der Waals surface area contributed by atoms with Crippen LogP contribution in [-0.4, -0.2) is 44.0 Å². The first-order valence-corrected chi connectivity index (χ1v) is 9.64. The molecule has 2 rings (SSSR count). The summed E-state index contributed by atoms with van der Waals surface area (Å²) in [5, 5.41) is 12.6. The van der Waals surface area contributed by atoms with Crippen LogP contribution in [0.5, 0.6) is 0 Å². The number of nitrogens with one attached hydrogen (secondary N) is 1. The number of hydrogen-bond donors (Lipinski definition) is 2. The number of hydrogen-bond acceptors (Lipinski definition) is 3. The van der Waals surface area contributed by atoms with Crippen LogP contribution in [0.2, 0.25) is 0 Å². The van der Waals surface area contributed by atoms with E-state index >= 15 is 0 Å². The average Bonchev–Trinajstić information content (AvgIpc) is 2.50. The molecule has 123 valence electrons. The number of rotatable bonds is 5. The van der Waals surface area contributed by atoms with E-state index < -0.39 is 6.10 Å². The summed E-state index contributed by atoms with van der Waals surface area (Å²) in [5.41, 5.74) is 0. The molecule has 2 aliphatic carbocycles. The Morgan fingerprint density at radius 3 is 1.76 bits per heavy atom. The first-order chi connectivity index (χ1) is 10.1. The summed E-state index contributed by atoms with van der Waals surface area (Å²) in [6.45, 7) is 1.92. The quantitative estimate of drug-likeness (QED) is 0.740. The van der Waals surface area contributed by atoms with Crippen LogP contribution in [0.3, 0.4) is 0 Å². The fourth-order valence-corrected chi connectivity index (χ4v) is 3.51. The van der Waals surface area contributed by atoms with Gasteiger partial charge < -0.3 is 5.32 Å². The minimum absolute atomic E-state index is 0.258. The molecule has 0 bridgehead atoms. The van der Waals surface area contributed by atoms with E-state index in [-0.39, 0.29) is 4.68 Å². The second-order valence-corrected chi connectivity index (χ2v) is 7.30. The van der Waals surface area contributed by atoms with Crippen LogP contribution >= 0.6 is 0 Å². The third-order valence-electron chi connectivity index (χ3n) is 4.52. The fourth-order valence-electron chi connectivity index (χ4n) is 3.26. The molecular weight excluding hydrogens is 329 g/mol. The van der Waals surface area contributed by atoms with Gasteiger partial charge in [-0.15, -0.1) is 0 Å². The number of aliphatic hydroxyl groups is 1. The number of carbonyl (C=O) groups is 1. The topological polar surface area (TPSA) is 49.3 Å². The van der Waals surface area contributed by atoms with Crippen LogP contribution in [0.15, 0.2) is 0 Å². The Labute approximate surface area is 138 Å². The standard InChI is InChI=1S/C12H23N.C5H9O2Se/c1-3-7-11(8-4-1)13-12-9-5-2-6-10-12;1-2-3-4(6)5(7)8/h11-13H,1-10H2;4,6H,2-3H2,1H3. The van der Waals surface area contributed by atoms with Gasteiger partial charge in [-0.3, -0.25) is 0 Å². The minimum atomic E-state index is -0.778. The van der Waals surface area contributed by atoms with Crippen molar-refractivity contribution in [1.82, 2.24) is 5.32 Å². The van der Waals surface area contributed by atoms with E-state index in [0.29, 0.717) is 6.42 Å². The normalized spacial score (nSPS) is 22.2. The van der Waals surface area contributed by atoms with Gasteiger partial charge >= 0.3 is 56.5 Å². The Bertz CT molecular complexity index is 258.